The number of nitrogens with zero attached hydrogens (tertiary/aromatic N) is 1. The van der Waals surface area contributed by atoms with Crippen LogP contribution in [0.3, 0.4) is 0 Å². The van der Waals surface area contributed by atoms with Gasteiger partial charge in [-0.2, -0.15) is 11.8 Å². The van der Waals surface area contributed by atoms with E-state index in [1.54, 1.807) is 16.7 Å². The van der Waals surface area contributed by atoms with Crippen LogP contribution in [-0.4, -0.2) is 58.2 Å². The molecule has 5 rings (SSSR count). The first-order chi connectivity index (χ1) is 17.9. The molecule has 0 saturated carbocycles. The number of hydrogen-bond acceptors (Lipinski definition) is 4. The number of H-pyrrole nitrogens is 1. The van der Waals surface area contributed by atoms with Gasteiger partial charge >= 0.3 is 0 Å². The van der Waals surface area contributed by atoms with Crippen LogP contribution in [0.15, 0.2) is 48.5 Å². The van der Waals surface area contributed by atoms with Crippen LogP contribution in [0.4, 0.5) is 0 Å². The number of benzene rings is 2. The molecule has 3 heterocycles. The van der Waals surface area contributed by atoms with E-state index in [1.165, 1.54) is 0 Å². The second kappa shape index (κ2) is 10.6. The smallest absolute Gasteiger partial charge is 0.255 e. The first-order valence-corrected chi connectivity index (χ1v) is 14.4. The molecule has 0 fully saturated rings. The van der Waals surface area contributed by atoms with Crippen LogP contribution in [0.1, 0.15) is 59.9 Å². The number of fused-ring (bicyclic) bond motifs is 7. The van der Waals surface area contributed by atoms with Crippen molar-refractivity contribution in [2.24, 2.45) is 5.92 Å². The second-order valence-corrected chi connectivity index (χ2v) is 11.3. The molecule has 2 aromatic carbocycles. The van der Waals surface area contributed by atoms with Gasteiger partial charge in [-0.3, -0.25) is 14.4 Å². The van der Waals surface area contributed by atoms with Crippen molar-refractivity contribution in [1.82, 2.24) is 20.5 Å². The van der Waals surface area contributed by atoms with Crippen molar-refractivity contribution < 1.29 is 14.4 Å². The van der Waals surface area contributed by atoms with Gasteiger partial charge in [0.25, 0.3) is 5.91 Å². The number of amides is 3. The molecule has 0 unspecified atom stereocenters. The highest BCUT2D eigenvalue weighted by Crippen LogP contribution is 2.46. The van der Waals surface area contributed by atoms with E-state index in [-0.39, 0.29) is 23.8 Å². The number of nitrogens with one attached hydrogen (secondary N) is 3. The maximum Gasteiger partial charge on any atom is 0.255 e. The molecule has 2 aliphatic rings. The molecular formula is C29H34N4O3S. The fourth-order valence-corrected chi connectivity index (χ4v) is 5.99. The number of thioether (sulfide) groups is 1. The number of aromatic nitrogens is 1. The Morgan fingerprint density at radius 2 is 1.86 bits per heavy atom. The lowest BCUT2D eigenvalue weighted by Gasteiger charge is -2.37. The highest BCUT2D eigenvalue weighted by Gasteiger charge is 2.49. The Labute approximate surface area is 221 Å². The van der Waals surface area contributed by atoms with Gasteiger partial charge in [0.05, 0.1) is 6.04 Å². The Hall–Kier alpha value is -3.26. The van der Waals surface area contributed by atoms with Crippen molar-refractivity contribution in [2.75, 3.05) is 18.6 Å². The Morgan fingerprint density at radius 3 is 2.65 bits per heavy atom. The summed E-state index contributed by atoms with van der Waals surface area (Å²) >= 11 is 1.64. The minimum absolute atomic E-state index is 0.146. The molecule has 3 amide bonds. The first kappa shape index (κ1) is 25.4. The summed E-state index contributed by atoms with van der Waals surface area (Å²) in [6.07, 6.45) is 3.79. The molecule has 0 aliphatic carbocycles. The number of para-hydroxylation sites is 1. The van der Waals surface area contributed by atoms with E-state index in [4.69, 9.17) is 0 Å². The standard InChI is InChI=1S/C29H34N4O3S/c1-17(2)12-14-30-27(34)23(13-15-37-3)32-28(35)24-16-21-18-8-6-7-11-22(18)31-25(21)26-19-9-4-5-10-20(19)29(36)33(24)26/h4-11,17,23-24,26,31H,12-16H2,1-3H3,(H,30,34)(H,32,35)/t23-,24-,26+/m0/s1. The van der Waals surface area contributed by atoms with Crippen LogP contribution >= 0.6 is 11.8 Å². The first-order valence-electron chi connectivity index (χ1n) is 13.0. The van der Waals surface area contributed by atoms with Crippen LogP contribution in [0, 0.1) is 5.92 Å². The van der Waals surface area contributed by atoms with Gasteiger partial charge in [-0.05, 0) is 54.0 Å². The highest BCUT2D eigenvalue weighted by molar-refractivity contribution is 7.98. The topological polar surface area (TPSA) is 94.3 Å². The number of aromatic amines is 1. The van der Waals surface area contributed by atoms with Crippen molar-refractivity contribution in [2.45, 2.75) is 51.2 Å². The zero-order valence-corrected chi connectivity index (χ0v) is 22.4. The van der Waals surface area contributed by atoms with Gasteiger partial charge in [0.15, 0.2) is 0 Å². The van der Waals surface area contributed by atoms with Crippen molar-refractivity contribution in [3.05, 3.63) is 70.9 Å². The maximum absolute atomic E-state index is 13.9. The fourth-order valence-electron chi connectivity index (χ4n) is 5.52. The summed E-state index contributed by atoms with van der Waals surface area (Å²) in [7, 11) is 0. The molecule has 3 aromatic rings. The lowest BCUT2D eigenvalue weighted by molar-refractivity contribution is -0.132. The Kier molecular flexibility index (Phi) is 7.29. The summed E-state index contributed by atoms with van der Waals surface area (Å²) in [5, 5.41) is 7.08. The lowest BCUT2D eigenvalue weighted by Crippen LogP contribution is -2.56. The lowest BCUT2D eigenvalue weighted by atomic mass is 9.89. The van der Waals surface area contributed by atoms with Crippen LogP contribution in [-0.2, 0) is 16.0 Å². The van der Waals surface area contributed by atoms with Crippen LogP contribution in [0.2, 0.25) is 0 Å². The number of hydrogen-bond donors (Lipinski definition) is 3. The Balaban J connectivity index is 1.47. The zero-order chi connectivity index (χ0) is 26.1. The van der Waals surface area contributed by atoms with Crippen LogP contribution in [0.5, 0.6) is 0 Å². The summed E-state index contributed by atoms with van der Waals surface area (Å²) in [5.41, 5.74) is 4.55. The highest BCUT2D eigenvalue weighted by atomic mass is 32.2. The second-order valence-electron chi connectivity index (χ2n) is 10.3. The number of carbonyl (C=O) groups excluding carboxylic acids is 3. The summed E-state index contributed by atoms with van der Waals surface area (Å²) in [5.74, 6) is 0.627. The van der Waals surface area contributed by atoms with Gasteiger partial charge in [0, 0.05) is 35.1 Å². The average molecular weight is 519 g/mol. The van der Waals surface area contributed by atoms with E-state index in [2.05, 4.69) is 35.5 Å². The van der Waals surface area contributed by atoms with Gasteiger partial charge in [-0.1, -0.05) is 50.2 Å². The van der Waals surface area contributed by atoms with E-state index in [0.717, 1.165) is 39.9 Å². The minimum Gasteiger partial charge on any atom is -0.356 e. The third kappa shape index (κ3) is 4.75. The molecule has 8 heteroatoms. The molecule has 1 aromatic heterocycles. The zero-order valence-electron chi connectivity index (χ0n) is 21.5. The van der Waals surface area contributed by atoms with Crippen LogP contribution in [0.25, 0.3) is 10.9 Å². The molecule has 0 saturated heterocycles. The molecule has 0 radical (unpaired) electrons. The van der Waals surface area contributed by atoms with Gasteiger partial charge in [-0.25, -0.2) is 0 Å². The molecule has 7 nitrogen and oxygen atoms in total. The third-order valence-corrected chi connectivity index (χ3v) is 8.06. The molecule has 2 aliphatic heterocycles. The molecule has 0 spiro atoms. The van der Waals surface area contributed by atoms with E-state index in [1.807, 2.05) is 48.7 Å². The molecule has 3 N–H and O–H groups in total. The monoisotopic (exact) mass is 518 g/mol. The van der Waals surface area contributed by atoms with Gasteiger partial charge in [0.2, 0.25) is 11.8 Å². The molecule has 194 valence electrons. The predicted molar refractivity (Wildman–Crippen MR) is 148 cm³/mol. The van der Waals surface area contributed by atoms with E-state index < -0.39 is 12.1 Å². The summed E-state index contributed by atoms with van der Waals surface area (Å²) in [6, 6.07) is 13.9. The average Bonchev–Trinajstić information content (AvgIpc) is 3.41. The number of carbonyl (C=O) groups is 3. The summed E-state index contributed by atoms with van der Waals surface area (Å²) in [6.45, 7) is 4.80. The third-order valence-electron chi connectivity index (χ3n) is 7.42. The Bertz CT molecular complexity index is 1330. The van der Waals surface area contributed by atoms with Crippen molar-refractivity contribution in [1.29, 1.82) is 0 Å². The van der Waals surface area contributed by atoms with E-state index in [0.29, 0.717) is 30.9 Å². The normalized spacial score (nSPS) is 18.9. The minimum atomic E-state index is -0.711. The van der Waals surface area contributed by atoms with E-state index in [9.17, 15) is 14.4 Å². The fraction of sp³-hybridized carbons (Fsp3) is 0.414. The van der Waals surface area contributed by atoms with Crippen molar-refractivity contribution in [3.8, 4) is 0 Å². The predicted octanol–water partition coefficient (Wildman–Crippen LogP) is 4.04. The SMILES string of the molecule is CSCC[C@H](NC(=O)[C@@H]1Cc2c([nH]c3ccccc23)[C@H]2c3ccccc3C(=O)N21)C(=O)NCCC(C)C. The van der Waals surface area contributed by atoms with Crippen molar-refractivity contribution in [3.63, 3.8) is 0 Å². The van der Waals surface area contributed by atoms with Gasteiger partial charge in [-0.15, -0.1) is 0 Å². The van der Waals surface area contributed by atoms with Crippen LogP contribution < -0.4 is 10.6 Å². The Morgan fingerprint density at radius 1 is 1.11 bits per heavy atom. The number of rotatable bonds is 9. The maximum atomic E-state index is 13.9. The molecular weight excluding hydrogens is 484 g/mol. The van der Waals surface area contributed by atoms with Gasteiger partial charge in [0.1, 0.15) is 12.1 Å². The largest absolute Gasteiger partial charge is 0.356 e. The van der Waals surface area contributed by atoms with E-state index >= 15 is 0 Å². The quantitative estimate of drug-likeness (QED) is 0.399. The molecule has 3 atom stereocenters. The summed E-state index contributed by atoms with van der Waals surface area (Å²) < 4.78 is 0. The van der Waals surface area contributed by atoms with Gasteiger partial charge < -0.3 is 20.5 Å². The van der Waals surface area contributed by atoms with Crippen molar-refractivity contribution >= 4 is 40.4 Å². The summed E-state index contributed by atoms with van der Waals surface area (Å²) in [4.78, 5) is 45.8. The molecule has 0 bridgehead atoms. The molecule has 37 heavy (non-hydrogen) atoms.